The maximum atomic E-state index is 12.3. The Morgan fingerprint density at radius 3 is 2.73 bits per heavy atom. The normalized spacial score (nSPS) is 12.0. The maximum absolute atomic E-state index is 12.3. The lowest BCUT2D eigenvalue weighted by atomic mass is 10.3. The van der Waals surface area contributed by atoms with Crippen molar-refractivity contribution in [1.82, 2.24) is 4.57 Å². The molecule has 1 amide bonds. The molecule has 0 bridgehead atoms. The molecular weight excluding hydrogens is 364 g/mol. The number of nitrogens with zero attached hydrogens (tertiary/aromatic N) is 2. The van der Waals surface area contributed by atoms with Crippen LogP contribution in [0.4, 0.5) is 0 Å². The summed E-state index contributed by atoms with van der Waals surface area (Å²) in [4.78, 5) is 18.6. The summed E-state index contributed by atoms with van der Waals surface area (Å²) in [5, 5.41) is 0. The van der Waals surface area contributed by atoms with Crippen molar-refractivity contribution in [3.8, 4) is 0 Å². The van der Waals surface area contributed by atoms with Crippen molar-refractivity contribution in [2.45, 2.75) is 24.8 Å². The van der Waals surface area contributed by atoms with Gasteiger partial charge in [-0.05, 0) is 31.2 Å². The molecule has 1 heterocycles. The van der Waals surface area contributed by atoms with Crippen LogP contribution in [0.1, 0.15) is 13.3 Å². The lowest BCUT2D eigenvalue weighted by Gasteiger charge is -2.05. The van der Waals surface area contributed by atoms with Gasteiger partial charge >= 0.3 is 0 Å². The fourth-order valence-electron chi connectivity index (χ4n) is 2.56. The summed E-state index contributed by atoms with van der Waals surface area (Å²) in [5.74, 6) is 0.654. The first-order valence-corrected chi connectivity index (χ1v) is 10.5. The van der Waals surface area contributed by atoms with Crippen LogP contribution < -0.4 is 4.80 Å². The monoisotopic (exact) mass is 386 g/mol. The van der Waals surface area contributed by atoms with E-state index in [-0.39, 0.29) is 5.91 Å². The molecule has 0 unspecified atom stereocenters. The molecule has 0 aliphatic rings. The zero-order valence-corrected chi connectivity index (χ0v) is 16.4. The molecule has 4 nitrogen and oxygen atoms in total. The van der Waals surface area contributed by atoms with Gasteiger partial charge in [0.15, 0.2) is 4.80 Å². The molecular formula is C20H22N2O2S2. The third-order valence-electron chi connectivity index (χ3n) is 3.80. The van der Waals surface area contributed by atoms with Crippen LogP contribution in [0.2, 0.25) is 0 Å². The molecule has 0 aliphatic carbocycles. The standard InChI is InChI=1S/C20H22N2O2S2/c1-2-24-14-13-22-17-10-6-7-11-18(17)26-20(22)21-19(23)12-15-25-16-8-4-3-5-9-16/h3-11H,2,12-15H2,1H3. The molecule has 0 saturated carbocycles. The van der Waals surface area contributed by atoms with E-state index in [1.54, 1.807) is 23.1 Å². The average molecular weight is 387 g/mol. The van der Waals surface area contributed by atoms with Crippen molar-refractivity contribution in [3.63, 3.8) is 0 Å². The van der Waals surface area contributed by atoms with Crippen LogP contribution in [-0.2, 0) is 16.1 Å². The zero-order chi connectivity index (χ0) is 18.2. The summed E-state index contributed by atoms with van der Waals surface area (Å²) < 4.78 is 8.70. The molecule has 0 radical (unpaired) electrons. The van der Waals surface area contributed by atoms with E-state index in [1.165, 1.54) is 4.90 Å². The first-order valence-electron chi connectivity index (χ1n) is 8.69. The Bertz CT molecular complexity index is 916. The highest BCUT2D eigenvalue weighted by atomic mass is 32.2. The quantitative estimate of drug-likeness (QED) is 0.427. The van der Waals surface area contributed by atoms with Gasteiger partial charge in [0, 0.05) is 30.2 Å². The van der Waals surface area contributed by atoms with Gasteiger partial charge in [-0.25, -0.2) is 0 Å². The van der Waals surface area contributed by atoms with E-state index in [1.807, 2.05) is 37.3 Å². The van der Waals surface area contributed by atoms with Gasteiger partial charge in [0.2, 0.25) is 5.91 Å². The SMILES string of the molecule is CCOCCn1c(=NC(=O)CCSc2ccccc2)sc2ccccc21. The van der Waals surface area contributed by atoms with Crippen LogP contribution in [-0.4, -0.2) is 29.4 Å². The summed E-state index contributed by atoms with van der Waals surface area (Å²) in [6.07, 6.45) is 0.430. The lowest BCUT2D eigenvalue weighted by Crippen LogP contribution is -2.19. The Kier molecular flexibility index (Phi) is 7.05. The Balaban J connectivity index is 1.72. The second-order valence-corrected chi connectivity index (χ2v) is 7.80. The number of carbonyl (C=O) groups is 1. The number of thiazole rings is 1. The van der Waals surface area contributed by atoms with Gasteiger partial charge in [0.05, 0.1) is 16.8 Å². The molecule has 0 atom stereocenters. The van der Waals surface area contributed by atoms with Crippen LogP contribution in [0.25, 0.3) is 10.2 Å². The molecule has 0 fully saturated rings. The number of carbonyl (C=O) groups excluding carboxylic acids is 1. The van der Waals surface area contributed by atoms with Crippen LogP contribution in [0.15, 0.2) is 64.5 Å². The van der Waals surface area contributed by atoms with E-state index in [2.05, 4.69) is 33.8 Å². The first-order chi connectivity index (χ1) is 12.8. The van der Waals surface area contributed by atoms with Gasteiger partial charge in [0.25, 0.3) is 0 Å². The molecule has 3 aromatic rings. The van der Waals surface area contributed by atoms with Gasteiger partial charge < -0.3 is 9.30 Å². The fourth-order valence-corrected chi connectivity index (χ4v) is 4.49. The van der Waals surface area contributed by atoms with E-state index < -0.39 is 0 Å². The maximum Gasteiger partial charge on any atom is 0.249 e. The molecule has 1 aromatic heterocycles. The molecule has 6 heteroatoms. The summed E-state index contributed by atoms with van der Waals surface area (Å²) in [6.45, 7) is 3.98. The number of hydrogen-bond donors (Lipinski definition) is 0. The summed E-state index contributed by atoms with van der Waals surface area (Å²) >= 11 is 3.23. The van der Waals surface area contributed by atoms with Crippen LogP contribution in [0, 0.1) is 0 Å². The Morgan fingerprint density at radius 1 is 1.15 bits per heavy atom. The third-order valence-corrected chi connectivity index (χ3v) is 5.87. The van der Waals surface area contributed by atoms with Crippen molar-refractivity contribution < 1.29 is 9.53 Å². The van der Waals surface area contributed by atoms with E-state index in [4.69, 9.17) is 4.74 Å². The predicted octanol–water partition coefficient (Wildman–Crippen LogP) is 4.35. The number of rotatable bonds is 8. The number of aromatic nitrogens is 1. The van der Waals surface area contributed by atoms with Crippen molar-refractivity contribution in [2.24, 2.45) is 4.99 Å². The average Bonchev–Trinajstić information content (AvgIpc) is 3.00. The topological polar surface area (TPSA) is 43.6 Å². The Morgan fingerprint density at radius 2 is 1.92 bits per heavy atom. The number of ether oxygens (including phenoxy) is 1. The number of benzene rings is 2. The van der Waals surface area contributed by atoms with Crippen molar-refractivity contribution >= 4 is 39.2 Å². The zero-order valence-electron chi connectivity index (χ0n) is 14.8. The third kappa shape index (κ3) is 5.06. The molecule has 0 saturated heterocycles. The highest BCUT2D eigenvalue weighted by Crippen LogP contribution is 2.19. The summed E-state index contributed by atoms with van der Waals surface area (Å²) in [6, 6.07) is 18.3. The van der Waals surface area contributed by atoms with Gasteiger partial charge in [0.1, 0.15) is 0 Å². The lowest BCUT2D eigenvalue weighted by molar-refractivity contribution is -0.117. The van der Waals surface area contributed by atoms with Crippen LogP contribution >= 0.6 is 23.1 Å². The predicted molar refractivity (Wildman–Crippen MR) is 109 cm³/mol. The smallest absolute Gasteiger partial charge is 0.249 e. The Labute approximate surface area is 161 Å². The van der Waals surface area contributed by atoms with Crippen molar-refractivity contribution in [2.75, 3.05) is 19.0 Å². The number of fused-ring (bicyclic) bond motifs is 1. The van der Waals surface area contributed by atoms with E-state index in [0.717, 1.165) is 20.8 Å². The highest BCUT2D eigenvalue weighted by molar-refractivity contribution is 7.99. The van der Waals surface area contributed by atoms with Crippen LogP contribution in [0.5, 0.6) is 0 Å². The molecule has 26 heavy (non-hydrogen) atoms. The van der Waals surface area contributed by atoms with E-state index >= 15 is 0 Å². The second kappa shape index (κ2) is 9.71. The number of amides is 1. The molecule has 136 valence electrons. The Hall–Kier alpha value is -1.89. The van der Waals surface area contributed by atoms with Gasteiger partial charge in [-0.3, -0.25) is 4.79 Å². The van der Waals surface area contributed by atoms with Crippen molar-refractivity contribution in [3.05, 3.63) is 59.4 Å². The minimum absolute atomic E-state index is 0.0786. The van der Waals surface area contributed by atoms with Gasteiger partial charge in [-0.2, -0.15) is 4.99 Å². The number of thioether (sulfide) groups is 1. The van der Waals surface area contributed by atoms with E-state index in [0.29, 0.717) is 26.2 Å². The summed E-state index contributed by atoms with van der Waals surface area (Å²) in [5.41, 5.74) is 1.10. The fraction of sp³-hybridized carbons (Fsp3) is 0.300. The summed E-state index contributed by atoms with van der Waals surface area (Å²) in [7, 11) is 0. The van der Waals surface area contributed by atoms with Gasteiger partial charge in [-0.15, -0.1) is 11.8 Å². The first kappa shape index (κ1) is 18.9. The molecule has 0 N–H and O–H groups in total. The number of para-hydroxylation sites is 1. The minimum atomic E-state index is -0.0786. The molecule has 3 rings (SSSR count). The van der Waals surface area contributed by atoms with E-state index in [9.17, 15) is 4.79 Å². The molecule has 2 aromatic carbocycles. The van der Waals surface area contributed by atoms with Crippen molar-refractivity contribution in [1.29, 1.82) is 0 Å². The minimum Gasteiger partial charge on any atom is -0.380 e. The largest absolute Gasteiger partial charge is 0.380 e. The second-order valence-electron chi connectivity index (χ2n) is 5.62. The molecule has 0 spiro atoms. The highest BCUT2D eigenvalue weighted by Gasteiger charge is 2.08. The van der Waals surface area contributed by atoms with Crippen LogP contribution in [0.3, 0.4) is 0 Å². The van der Waals surface area contributed by atoms with Gasteiger partial charge in [-0.1, -0.05) is 41.7 Å². The molecule has 0 aliphatic heterocycles. The number of hydrogen-bond acceptors (Lipinski definition) is 4.